The molecule has 1 unspecified atom stereocenters. The first-order valence-electron chi connectivity index (χ1n) is 6.67. The third-order valence-corrected chi connectivity index (χ3v) is 3.19. The van der Waals surface area contributed by atoms with Gasteiger partial charge in [-0.05, 0) is 29.4 Å². The average Bonchev–Trinajstić information content (AvgIpc) is 2.73. The summed E-state index contributed by atoms with van der Waals surface area (Å²) in [6.45, 7) is 8.92. The Kier molecular flexibility index (Phi) is 3.74. The molecule has 0 amide bonds. The highest BCUT2D eigenvalue weighted by Crippen LogP contribution is 2.33. The van der Waals surface area contributed by atoms with Crippen molar-refractivity contribution in [3.63, 3.8) is 0 Å². The first-order chi connectivity index (χ1) is 8.87. The minimum atomic E-state index is -0.446. The minimum absolute atomic E-state index is 0.266. The maximum absolute atomic E-state index is 13.1. The standard InChI is InChI=1S/C16H21FN2/c1-12(11-16(2,3)4)13-7-5-6-8-14(13)19-10-9-15(17)18-19/h5-10,12H,11H2,1-4H3. The van der Waals surface area contributed by atoms with Gasteiger partial charge in [-0.2, -0.15) is 4.39 Å². The van der Waals surface area contributed by atoms with E-state index in [-0.39, 0.29) is 5.41 Å². The Balaban J connectivity index is 2.36. The van der Waals surface area contributed by atoms with Crippen molar-refractivity contribution in [3.8, 4) is 5.69 Å². The molecule has 0 aliphatic heterocycles. The van der Waals surface area contributed by atoms with E-state index in [1.54, 1.807) is 10.9 Å². The first-order valence-corrected chi connectivity index (χ1v) is 6.67. The normalized spacial score (nSPS) is 13.5. The fraction of sp³-hybridized carbons (Fsp3) is 0.438. The zero-order chi connectivity index (χ0) is 14.0. The highest BCUT2D eigenvalue weighted by molar-refractivity contribution is 5.42. The van der Waals surface area contributed by atoms with Gasteiger partial charge in [-0.3, -0.25) is 0 Å². The van der Waals surface area contributed by atoms with Gasteiger partial charge in [0.05, 0.1) is 5.69 Å². The quantitative estimate of drug-likeness (QED) is 0.791. The van der Waals surface area contributed by atoms with Crippen molar-refractivity contribution in [2.75, 3.05) is 0 Å². The molecule has 0 saturated heterocycles. The molecule has 1 aromatic carbocycles. The summed E-state index contributed by atoms with van der Waals surface area (Å²) < 4.78 is 14.7. The average molecular weight is 260 g/mol. The summed E-state index contributed by atoms with van der Waals surface area (Å²) in [6, 6.07) is 9.46. The van der Waals surface area contributed by atoms with Gasteiger partial charge in [0.2, 0.25) is 5.95 Å². The number of benzene rings is 1. The van der Waals surface area contributed by atoms with Crippen LogP contribution in [0.3, 0.4) is 0 Å². The van der Waals surface area contributed by atoms with Crippen LogP contribution in [-0.4, -0.2) is 9.78 Å². The highest BCUT2D eigenvalue weighted by Gasteiger charge is 2.19. The largest absolute Gasteiger partial charge is 0.238 e. The Morgan fingerprint density at radius 1 is 1.21 bits per heavy atom. The molecule has 0 bridgehead atoms. The summed E-state index contributed by atoms with van der Waals surface area (Å²) in [6.07, 6.45) is 2.74. The molecule has 0 spiro atoms. The molecule has 0 N–H and O–H groups in total. The van der Waals surface area contributed by atoms with Gasteiger partial charge in [0.25, 0.3) is 0 Å². The number of halogens is 1. The van der Waals surface area contributed by atoms with Crippen molar-refractivity contribution in [3.05, 3.63) is 48.0 Å². The van der Waals surface area contributed by atoms with E-state index in [4.69, 9.17) is 0 Å². The van der Waals surface area contributed by atoms with Crippen LogP contribution in [0.25, 0.3) is 5.69 Å². The van der Waals surface area contributed by atoms with E-state index in [0.29, 0.717) is 5.92 Å². The van der Waals surface area contributed by atoms with Crippen LogP contribution in [0.4, 0.5) is 4.39 Å². The lowest BCUT2D eigenvalue weighted by Gasteiger charge is -2.25. The Bertz CT molecular complexity index is 552. The van der Waals surface area contributed by atoms with Crippen molar-refractivity contribution in [1.82, 2.24) is 9.78 Å². The van der Waals surface area contributed by atoms with Gasteiger partial charge in [0.1, 0.15) is 0 Å². The zero-order valence-electron chi connectivity index (χ0n) is 12.0. The second-order valence-electron chi connectivity index (χ2n) is 6.31. The fourth-order valence-corrected chi connectivity index (χ4v) is 2.58. The van der Waals surface area contributed by atoms with Crippen LogP contribution >= 0.6 is 0 Å². The summed E-state index contributed by atoms with van der Waals surface area (Å²) in [5, 5.41) is 3.87. The lowest BCUT2D eigenvalue weighted by molar-refractivity contribution is 0.348. The molecule has 1 heterocycles. The number of hydrogen-bond donors (Lipinski definition) is 0. The van der Waals surface area contributed by atoms with Crippen molar-refractivity contribution in [2.24, 2.45) is 5.41 Å². The molecule has 102 valence electrons. The molecular formula is C16H21FN2. The van der Waals surface area contributed by atoms with Crippen molar-refractivity contribution >= 4 is 0 Å². The van der Waals surface area contributed by atoms with Crippen LogP contribution in [0.5, 0.6) is 0 Å². The summed E-state index contributed by atoms with van der Waals surface area (Å²) in [7, 11) is 0. The molecule has 0 fully saturated rings. The van der Waals surface area contributed by atoms with E-state index in [2.05, 4.69) is 38.9 Å². The smallest absolute Gasteiger partial charge is 0.233 e. The Morgan fingerprint density at radius 3 is 2.47 bits per heavy atom. The SMILES string of the molecule is CC(CC(C)(C)C)c1ccccc1-n1ccc(F)n1. The van der Waals surface area contributed by atoms with Gasteiger partial charge >= 0.3 is 0 Å². The van der Waals surface area contributed by atoms with Gasteiger partial charge < -0.3 is 0 Å². The van der Waals surface area contributed by atoms with Crippen LogP contribution in [0.1, 0.15) is 45.6 Å². The second-order valence-corrected chi connectivity index (χ2v) is 6.31. The maximum Gasteiger partial charge on any atom is 0.233 e. The van der Waals surface area contributed by atoms with Crippen molar-refractivity contribution < 1.29 is 4.39 Å². The van der Waals surface area contributed by atoms with Crippen molar-refractivity contribution in [1.29, 1.82) is 0 Å². The molecule has 3 heteroatoms. The molecule has 1 aromatic heterocycles. The molecule has 0 aliphatic rings. The van der Waals surface area contributed by atoms with E-state index >= 15 is 0 Å². The zero-order valence-corrected chi connectivity index (χ0v) is 12.0. The monoisotopic (exact) mass is 260 g/mol. The molecular weight excluding hydrogens is 239 g/mol. The molecule has 2 aromatic rings. The summed E-state index contributed by atoms with van der Waals surface area (Å²) >= 11 is 0. The molecule has 0 aliphatic carbocycles. The predicted octanol–water partition coefficient (Wildman–Crippen LogP) is 4.55. The summed E-state index contributed by atoms with van der Waals surface area (Å²) in [4.78, 5) is 0. The van der Waals surface area contributed by atoms with Crippen LogP contribution in [0.2, 0.25) is 0 Å². The number of nitrogens with zero attached hydrogens (tertiary/aromatic N) is 2. The third kappa shape index (κ3) is 3.43. The number of para-hydroxylation sites is 1. The lowest BCUT2D eigenvalue weighted by Crippen LogP contribution is -2.12. The van der Waals surface area contributed by atoms with E-state index in [0.717, 1.165) is 12.1 Å². The number of rotatable bonds is 3. The summed E-state index contributed by atoms with van der Waals surface area (Å²) in [5.74, 6) is -0.0401. The molecule has 0 radical (unpaired) electrons. The molecule has 0 saturated carbocycles. The van der Waals surface area contributed by atoms with Gasteiger partial charge in [-0.1, -0.05) is 45.9 Å². The van der Waals surface area contributed by atoms with E-state index < -0.39 is 5.95 Å². The van der Waals surface area contributed by atoms with Gasteiger partial charge in [-0.25, -0.2) is 4.68 Å². The van der Waals surface area contributed by atoms with Gasteiger partial charge in [0.15, 0.2) is 0 Å². The third-order valence-electron chi connectivity index (χ3n) is 3.19. The minimum Gasteiger partial charge on any atom is -0.238 e. The fourth-order valence-electron chi connectivity index (χ4n) is 2.58. The van der Waals surface area contributed by atoms with Gasteiger partial charge in [0, 0.05) is 12.3 Å². The second kappa shape index (κ2) is 5.16. The Morgan fingerprint density at radius 2 is 1.89 bits per heavy atom. The van der Waals surface area contributed by atoms with E-state index in [1.807, 2.05) is 18.2 Å². The Labute approximate surface area is 114 Å². The maximum atomic E-state index is 13.1. The molecule has 1 atom stereocenters. The van der Waals surface area contributed by atoms with Crippen LogP contribution < -0.4 is 0 Å². The predicted molar refractivity (Wildman–Crippen MR) is 76.0 cm³/mol. The number of aromatic nitrogens is 2. The van der Waals surface area contributed by atoms with Crippen molar-refractivity contribution in [2.45, 2.75) is 40.0 Å². The molecule has 2 nitrogen and oxygen atoms in total. The van der Waals surface area contributed by atoms with E-state index in [9.17, 15) is 4.39 Å². The first kappa shape index (κ1) is 13.8. The topological polar surface area (TPSA) is 17.8 Å². The summed E-state index contributed by atoms with van der Waals surface area (Å²) in [5.41, 5.74) is 2.44. The van der Waals surface area contributed by atoms with Crippen LogP contribution in [0, 0.1) is 11.4 Å². The lowest BCUT2D eigenvalue weighted by atomic mass is 9.82. The molecule has 2 rings (SSSR count). The van der Waals surface area contributed by atoms with Crippen LogP contribution in [0.15, 0.2) is 36.5 Å². The van der Waals surface area contributed by atoms with E-state index in [1.165, 1.54) is 11.6 Å². The molecule has 19 heavy (non-hydrogen) atoms. The van der Waals surface area contributed by atoms with Crippen LogP contribution in [-0.2, 0) is 0 Å². The number of hydrogen-bond acceptors (Lipinski definition) is 1. The van der Waals surface area contributed by atoms with Gasteiger partial charge in [-0.15, -0.1) is 5.10 Å². The highest BCUT2D eigenvalue weighted by atomic mass is 19.1. The Hall–Kier alpha value is -1.64.